The first-order chi connectivity index (χ1) is 7.41. The SMILES string of the molecule is CC(C)(C)c1ccc(Br)c2c1C(=O)CCC2. The number of fused-ring (bicyclic) bond motifs is 1. The molecule has 1 aliphatic carbocycles. The van der Waals surface area contributed by atoms with Crippen LogP contribution in [-0.2, 0) is 11.8 Å². The first kappa shape index (κ1) is 11.8. The zero-order chi connectivity index (χ0) is 11.9. The van der Waals surface area contributed by atoms with Crippen molar-refractivity contribution in [1.82, 2.24) is 0 Å². The van der Waals surface area contributed by atoms with Crippen molar-refractivity contribution < 1.29 is 4.79 Å². The van der Waals surface area contributed by atoms with E-state index in [0.717, 1.165) is 22.9 Å². The van der Waals surface area contributed by atoms with Crippen molar-refractivity contribution in [3.63, 3.8) is 0 Å². The third kappa shape index (κ3) is 1.95. The molecule has 0 atom stereocenters. The molecule has 1 aliphatic rings. The molecule has 0 bridgehead atoms. The highest BCUT2D eigenvalue weighted by atomic mass is 79.9. The molecule has 86 valence electrons. The van der Waals surface area contributed by atoms with Crippen LogP contribution in [0.3, 0.4) is 0 Å². The highest BCUT2D eigenvalue weighted by molar-refractivity contribution is 9.10. The summed E-state index contributed by atoms with van der Waals surface area (Å²) in [5.74, 6) is 0.312. The number of ketones is 1. The van der Waals surface area contributed by atoms with Crippen LogP contribution >= 0.6 is 15.9 Å². The zero-order valence-electron chi connectivity index (χ0n) is 10.1. The Bertz CT molecular complexity index is 441. The molecule has 16 heavy (non-hydrogen) atoms. The quantitative estimate of drug-likeness (QED) is 0.694. The van der Waals surface area contributed by atoms with Crippen LogP contribution in [0.25, 0.3) is 0 Å². The van der Waals surface area contributed by atoms with E-state index in [1.807, 2.05) is 0 Å². The van der Waals surface area contributed by atoms with Gasteiger partial charge in [0.2, 0.25) is 0 Å². The highest BCUT2D eigenvalue weighted by Gasteiger charge is 2.27. The van der Waals surface area contributed by atoms with Crippen LogP contribution < -0.4 is 0 Å². The Morgan fingerprint density at radius 3 is 2.50 bits per heavy atom. The van der Waals surface area contributed by atoms with Gasteiger partial charge in [0.25, 0.3) is 0 Å². The normalized spacial score (nSPS) is 16.1. The summed E-state index contributed by atoms with van der Waals surface area (Å²) in [6.07, 6.45) is 2.70. The second-order valence-electron chi connectivity index (χ2n) is 5.48. The molecule has 1 nitrogen and oxygen atoms in total. The van der Waals surface area contributed by atoms with Gasteiger partial charge in [0.1, 0.15) is 0 Å². The number of carbonyl (C=O) groups excluding carboxylic acids is 1. The summed E-state index contributed by atoms with van der Waals surface area (Å²) in [6, 6.07) is 4.17. The first-order valence-electron chi connectivity index (χ1n) is 5.76. The van der Waals surface area contributed by atoms with E-state index in [0.29, 0.717) is 12.2 Å². The summed E-state index contributed by atoms with van der Waals surface area (Å²) in [7, 11) is 0. The van der Waals surface area contributed by atoms with E-state index in [1.165, 1.54) is 11.1 Å². The van der Waals surface area contributed by atoms with Crippen molar-refractivity contribution in [2.45, 2.75) is 45.4 Å². The minimum absolute atomic E-state index is 0.0395. The Hall–Kier alpha value is -0.630. The summed E-state index contributed by atoms with van der Waals surface area (Å²) < 4.78 is 1.09. The third-order valence-corrected chi connectivity index (χ3v) is 3.92. The molecule has 2 heteroatoms. The maximum Gasteiger partial charge on any atom is 0.163 e. The second-order valence-corrected chi connectivity index (χ2v) is 6.33. The largest absolute Gasteiger partial charge is 0.294 e. The molecule has 0 saturated carbocycles. The smallest absolute Gasteiger partial charge is 0.163 e. The fourth-order valence-corrected chi connectivity index (χ4v) is 2.89. The van der Waals surface area contributed by atoms with Crippen LogP contribution in [-0.4, -0.2) is 5.78 Å². The summed E-state index contributed by atoms with van der Waals surface area (Å²) in [5, 5.41) is 0. The average molecular weight is 281 g/mol. The van der Waals surface area contributed by atoms with Gasteiger partial charge in [-0.15, -0.1) is 0 Å². The van der Waals surface area contributed by atoms with Gasteiger partial charge in [0.05, 0.1) is 0 Å². The summed E-state index contributed by atoms with van der Waals surface area (Å²) in [5.41, 5.74) is 3.42. The van der Waals surface area contributed by atoms with E-state index in [1.54, 1.807) is 0 Å². The van der Waals surface area contributed by atoms with E-state index in [4.69, 9.17) is 0 Å². The van der Waals surface area contributed by atoms with E-state index in [2.05, 4.69) is 48.8 Å². The topological polar surface area (TPSA) is 17.1 Å². The average Bonchev–Trinajstić information content (AvgIpc) is 2.18. The van der Waals surface area contributed by atoms with Crippen LogP contribution in [0.5, 0.6) is 0 Å². The number of benzene rings is 1. The van der Waals surface area contributed by atoms with Gasteiger partial charge >= 0.3 is 0 Å². The van der Waals surface area contributed by atoms with Crippen LogP contribution in [0.4, 0.5) is 0 Å². The molecule has 0 amide bonds. The summed E-state index contributed by atoms with van der Waals surface area (Å²) in [4.78, 5) is 12.1. The van der Waals surface area contributed by atoms with Gasteiger partial charge in [-0.25, -0.2) is 0 Å². The van der Waals surface area contributed by atoms with E-state index < -0.39 is 0 Å². The fraction of sp³-hybridized carbons (Fsp3) is 0.500. The Kier molecular flexibility index (Phi) is 2.95. The molecule has 0 aliphatic heterocycles. The Labute approximate surface area is 105 Å². The van der Waals surface area contributed by atoms with E-state index in [9.17, 15) is 4.79 Å². The fourth-order valence-electron chi connectivity index (χ4n) is 2.36. The van der Waals surface area contributed by atoms with Gasteiger partial charge in [0.15, 0.2) is 5.78 Å². The zero-order valence-corrected chi connectivity index (χ0v) is 11.6. The van der Waals surface area contributed by atoms with Gasteiger partial charge < -0.3 is 0 Å². The minimum atomic E-state index is 0.0395. The third-order valence-electron chi connectivity index (χ3n) is 3.17. The molecule has 0 heterocycles. The molecular formula is C14H17BrO. The first-order valence-corrected chi connectivity index (χ1v) is 6.55. The summed E-state index contributed by atoms with van der Waals surface area (Å²) >= 11 is 3.56. The van der Waals surface area contributed by atoms with Gasteiger partial charge in [-0.1, -0.05) is 42.8 Å². The standard InChI is InChI=1S/C14H17BrO/c1-14(2,3)10-7-8-11(15)9-5-4-6-12(16)13(9)10/h7-8H,4-6H2,1-3H3. The van der Waals surface area contributed by atoms with Gasteiger partial charge in [-0.05, 0) is 35.4 Å². The number of rotatable bonds is 0. The van der Waals surface area contributed by atoms with Crippen LogP contribution in [0.1, 0.15) is 55.1 Å². The van der Waals surface area contributed by atoms with Gasteiger partial charge in [-0.2, -0.15) is 0 Å². The molecule has 0 unspecified atom stereocenters. The molecule has 0 fully saturated rings. The number of hydrogen-bond acceptors (Lipinski definition) is 1. The van der Waals surface area contributed by atoms with Crippen molar-refractivity contribution >= 4 is 21.7 Å². The maximum absolute atomic E-state index is 12.1. The van der Waals surface area contributed by atoms with Crippen molar-refractivity contribution in [1.29, 1.82) is 0 Å². The molecular weight excluding hydrogens is 264 g/mol. The molecule has 1 aromatic carbocycles. The molecule has 0 aromatic heterocycles. The number of carbonyl (C=O) groups is 1. The number of hydrogen-bond donors (Lipinski definition) is 0. The van der Waals surface area contributed by atoms with Crippen molar-refractivity contribution in [3.8, 4) is 0 Å². The Morgan fingerprint density at radius 2 is 1.88 bits per heavy atom. The van der Waals surface area contributed by atoms with Gasteiger partial charge in [-0.3, -0.25) is 4.79 Å². The highest BCUT2D eigenvalue weighted by Crippen LogP contribution is 2.36. The van der Waals surface area contributed by atoms with Crippen LogP contribution in [0.15, 0.2) is 16.6 Å². The second kappa shape index (κ2) is 3.99. The van der Waals surface area contributed by atoms with E-state index in [-0.39, 0.29) is 5.41 Å². The van der Waals surface area contributed by atoms with Gasteiger partial charge in [0, 0.05) is 16.5 Å². The minimum Gasteiger partial charge on any atom is -0.294 e. The lowest BCUT2D eigenvalue weighted by atomic mass is 9.77. The Balaban J connectivity index is 2.69. The lowest BCUT2D eigenvalue weighted by Gasteiger charge is -2.27. The van der Waals surface area contributed by atoms with Crippen molar-refractivity contribution in [2.24, 2.45) is 0 Å². The van der Waals surface area contributed by atoms with Crippen molar-refractivity contribution in [2.75, 3.05) is 0 Å². The summed E-state index contributed by atoms with van der Waals surface area (Å²) in [6.45, 7) is 6.50. The number of halogens is 1. The predicted molar refractivity (Wildman–Crippen MR) is 70.1 cm³/mol. The van der Waals surface area contributed by atoms with E-state index >= 15 is 0 Å². The lowest BCUT2D eigenvalue weighted by Crippen LogP contribution is -2.21. The molecule has 2 rings (SSSR count). The molecule has 0 radical (unpaired) electrons. The van der Waals surface area contributed by atoms with Crippen LogP contribution in [0, 0.1) is 0 Å². The predicted octanol–water partition coefficient (Wildman–Crippen LogP) is 4.27. The molecule has 1 aromatic rings. The molecule has 0 spiro atoms. The van der Waals surface area contributed by atoms with Crippen LogP contribution in [0.2, 0.25) is 0 Å². The Morgan fingerprint density at radius 1 is 1.19 bits per heavy atom. The molecule has 0 saturated heterocycles. The maximum atomic E-state index is 12.1. The number of Topliss-reactive ketones (excluding diaryl/α,β-unsaturated/α-hetero) is 1. The molecule has 0 N–H and O–H groups in total. The monoisotopic (exact) mass is 280 g/mol. The van der Waals surface area contributed by atoms with Crippen molar-refractivity contribution in [3.05, 3.63) is 33.3 Å². The lowest BCUT2D eigenvalue weighted by molar-refractivity contribution is 0.0970.